The van der Waals surface area contributed by atoms with Crippen molar-refractivity contribution < 1.29 is 4.79 Å². The van der Waals surface area contributed by atoms with Crippen LogP contribution in [0.25, 0.3) is 10.8 Å². The van der Waals surface area contributed by atoms with E-state index < -0.39 is 0 Å². The summed E-state index contributed by atoms with van der Waals surface area (Å²) >= 11 is 6.17. The highest BCUT2D eigenvalue weighted by Crippen LogP contribution is 2.37. The number of fused-ring (bicyclic) bond motifs is 2. The Hall–Kier alpha value is -2.59. The van der Waals surface area contributed by atoms with Gasteiger partial charge in [-0.3, -0.25) is 9.78 Å². The van der Waals surface area contributed by atoms with Gasteiger partial charge >= 0.3 is 0 Å². The summed E-state index contributed by atoms with van der Waals surface area (Å²) in [5.74, 6) is -0.237. The number of carbonyl (C=O) groups is 1. The molecule has 0 aliphatic carbocycles. The Morgan fingerprint density at radius 2 is 2.08 bits per heavy atom. The van der Waals surface area contributed by atoms with E-state index in [4.69, 9.17) is 11.6 Å². The zero-order valence-electron chi connectivity index (χ0n) is 13.9. The van der Waals surface area contributed by atoms with Crippen LogP contribution in [0.1, 0.15) is 17.9 Å². The van der Waals surface area contributed by atoms with Gasteiger partial charge in [0.15, 0.2) is 0 Å². The van der Waals surface area contributed by atoms with Gasteiger partial charge in [-0.15, -0.1) is 0 Å². The van der Waals surface area contributed by atoms with Crippen molar-refractivity contribution in [2.75, 3.05) is 23.8 Å². The van der Waals surface area contributed by atoms with Crippen LogP contribution in [0.3, 0.4) is 0 Å². The zero-order chi connectivity index (χ0) is 17.4. The van der Waals surface area contributed by atoms with E-state index in [2.05, 4.69) is 15.2 Å². The summed E-state index contributed by atoms with van der Waals surface area (Å²) in [4.78, 5) is 19.4. The molecule has 1 aliphatic heterocycles. The van der Waals surface area contributed by atoms with E-state index in [1.807, 2.05) is 49.5 Å². The van der Waals surface area contributed by atoms with Gasteiger partial charge in [0, 0.05) is 41.3 Å². The Kier molecular flexibility index (Phi) is 4.06. The van der Waals surface area contributed by atoms with Crippen molar-refractivity contribution in [3.05, 3.63) is 65.4 Å². The molecule has 0 radical (unpaired) electrons. The lowest BCUT2D eigenvalue weighted by Gasteiger charge is -2.32. The molecule has 0 saturated carbocycles. The molecule has 3 aromatic rings. The third-order valence-electron chi connectivity index (χ3n) is 4.77. The predicted molar refractivity (Wildman–Crippen MR) is 102 cm³/mol. The summed E-state index contributed by atoms with van der Waals surface area (Å²) in [6, 6.07) is 13.7. The van der Waals surface area contributed by atoms with E-state index in [0.29, 0.717) is 5.02 Å². The van der Waals surface area contributed by atoms with Crippen LogP contribution in [0.4, 0.5) is 11.4 Å². The number of carbonyl (C=O) groups excluding carboxylic acids is 1. The molecule has 2 aromatic carbocycles. The smallest absolute Gasteiger partial charge is 0.232 e. The van der Waals surface area contributed by atoms with Gasteiger partial charge < -0.3 is 10.2 Å². The van der Waals surface area contributed by atoms with E-state index >= 15 is 0 Å². The summed E-state index contributed by atoms with van der Waals surface area (Å²) < 4.78 is 0. The number of benzene rings is 2. The molecule has 0 bridgehead atoms. The summed E-state index contributed by atoms with van der Waals surface area (Å²) in [5.41, 5.74) is 2.78. The number of rotatable bonds is 2. The molecule has 0 spiro atoms. The van der Waals surface area contributed by atoms with Gasteiger partial charge in [0.2, 0.25) is 5.91 Å². The van der Waals surface area contributed by atoms with Gasteiger partial charge in [-0.05, 0) is 30.2 Å². The molecule has 4 nitrogen and oxygen atoms in total. The van der Waals surface area contributed by atoms with Crippen LogP contribution in [0, 0.1) is 0 Å². The molecule has 1 atom stereocenters. The van der Waals surface area contributed by atoms with E-state index in [1.54, 1.807) is 12.4 Å². The first-order valence-corrected chi connectivity index (χ1v) is 8.65. The number of hydrogen-bond donors (Lipinski definition) is 1. The number of nitrogens with zero attached hydrogens (tertiary/aromatic N) is 2. The lowest BCUT2D eigenvalue weighted by Crippen LogP contribution is -2.32. The number of anilines is 2. The monoisotopic (exact) mass is 351 g/mol. The lowest BCUT2D eigenvalue weighted by atomic mass is 9.89. The maximum Gasteiger partial charge on any atom is 0.232 e. The fourth-order valence-corrected chi connectivity index (χ4v) is 3.64. The minimum Gasteiger partial charge on any atom is -0.374 e. The Morgan fingerprint density at radius 3 is 2.96 bits per heavy atom. The van der Waals surface area contributed by atoms with Crippen molar-refractivity contribution in [2.24, 2.45) is 0 Å². The lowest BCUT2D eigenvalue weighted by molar-refractivity contribution is -0.117. The largest absolute Gasteiger partial charge is 0.374 e. The molecular weight excluding hydrogens is 334 g/mol. The molecular formula is C20H18ClN3O. The van der Waals surface area contributed by atoms with Crippen LogP contribution in [-0.4, -0.2) is 24.5 Å². The topological polar surface area (TPSA) is 45.2 Å². The first kappa shape index (κ1) is 15.9. The number of amides is 1. The second-order valence-electron chi connectivity index (χ2n) is 6.36. The zero-order valence-corrected chi connectivity index (χ0v) is 14.6. The minimum absolute atomic E-state index is 0.0187. The highest BCUT2D eigenvalue weighted by molar-refractivity contribution is 6.30. The molecule has 0 unspecified atom stereocenters. The molecule has 25 heavy (non-hydrogen) atoms. The van der Waals surface area contributed by atoms with Crippen molar-refractivity contribution in [1.82, 2.24) is 4.98 Å². The normalized spacial score (nSPS) is 16.6. The standard InChI is InChI=1S/C20H18ClN3O/c1-24-9-8-16(17-10-14(21)6-7-19(17)24)20(25)23-18-12-22-11-13-4-2-3-5-15(13)18/h2-7,10-12,16H,8-9H2,1H3,(H,23,25)/t16-/m0/s1. The van der Waals surface area contributed by atoms with Crippen molar-refractivity contribution in [3.8, 4) is 0 Å². The Morgan fingerprint density at radius 1 is 1.24 bits per heavy atom. The summed E-state index contributed by atoms with van der Waals surface area (Å²) in [6.07, 6.45) is 4.26. The second kappa shape index (κ2) is 6.37. The first-order valence-electron chi connectivity index (χ1n) is 8.27. The molecule has 1 aliphatic rings. The Balaban J connectivity index is 1.68. The van der Waals surface area contributed by atoms with Gasteiger partial charge in [-0.1, -0.05) is 35.9 Å². The maximum atomic E-state index is 13.0. The van der Waals surface area contributed by atoms with E-state index in [9.17, 15) is 4.79 Å². The van der Waals surface area contributed by atoms with Gasteiger partial charge in [0.1, 0.15) is 0 Å². The fraction of sp³-hybridized carbons (Fsp3) is 0.200. The SMILES string of the molecule is CN1CC[C@H](C(=O)Nc2cncc3ccccc23)c2cc(Cl)ccc21. The Labute approximate surface area is 151 Å². The van der Waals surface area contributed by atoms with Crippen molar-refractivity contribution in [1.29, 1.82) is 0 Å². The van der Waals surface area contributed by atoms with Crippen molar-refractivity contribution in [3.63, 3.8) is 0 Å². The minimum atomic E-state index is -0.219. The molecule has 4 rings (SSSR count). The summed E-state index contributed by atoms with van der Waals surface area (Å²) in [7, 11) is 2.04. The molecule has 1 amide bonds. The third-order valence-corrected chi connectivity index (χ3v) is 5.01. The van der Waals surface area contributed by atoms with Crippen LogP contribution < -0.4 is 10.2 Å². The van der Waals surface area contributed by atoms with Gasteiger partial charge in [-0.2, -0.15) is 0 Å². The maximum absolute atomic E-state index is 13.0. The molecule has 2 heterocycles. The number of halogens is 1. The number of aromatic nitrogens is 1. The highest BCUT2D eigenvalue weighted by Gasteiger charge is 2.29. The van der Waals surface area contributed by atoms with Gasteiger partial charge in [-0.25, -0.2) is 0 Å². The van der Waals surface area contributed by atoms with Crippen LogP contribution in [0.2, 0.25) is 5.02 Å². The molecule has 1 N–H and O–H groups in total. The average Bonchev–Trinajstić information content (AvgIpc) is 2.62. The van der Waals surface area contributed by atoms with Crippen LogP contribution in [-0.2, 0) is 4.79 Å². The van der Waals surface area contributed by atoms with E-state index in [0.717, 1.165) is 40.7 Å². The fourth-order valence-electron chi connectivity index (χ4n) is 3.46. The molecule has 126 valence electrons. The van der Waals surface area contributed by atoms with Gasteiger partial charge in [0.05, 0.1) is 17.8 Å². The number of hydrogen-bond acceptors (Lipinski definition) is 3. The quantitative estimate of drug-likeness (QED) is 0.741. The van der Waals surface area contributed by atoms with Crippen LogP contribution >= 0.6 is 11.6 Å². The first-order chi connectivity index (χ1) is 12.1. The van der Waals surface area contributed by atoms with Gasteiger partial charge in [0.25, 0.3) is 0 Å². The van der Waals surface area contributed by atoms with Crippen molar-refractivity contribution in [2.45, 2.75) is 12.3 Å². The van der Waals surface area contributed by atoms with E-state index in [1.165, 1.54) is 0 Å². The van der Waals surface area contributed by atoms with Crippen molar-refractivity contribution >= 4 is 39.7 Å². The summed E-state index contributed by atoms with van der Waals surface area (Å²) in [6.45, 7) is 0.834. The second-order valence-corrected chi connectivity index (χ2v) is 6.80. The van der Waals surface area contributed by atoms with Crippen LogP contribution in [0.15, 0.2) is 54.9 Å². The van der Waals surface area contributed by atoms with Crippen LogP contribution in [0.5, 0.6) is 0 Å². The Bertz CT molecular complexity index is 951. The molecule has 0 saturated heterocycles. The molecule has 0 fully saturated rings. The highest BCUT2D eigenvalue weighted by atomic mass is 35.5. The number of pyridine rings is 1. The molecule has 1 aromatic heterocycles. The summed E-state index contributed by atoms with van der Waals surface area (Å²) in [5, 5.41) is 5.72. The molecule has 5 heteroatoms. The predicted octanol–water partition coefficient (Wildman–Crippen LogP) is 4.45. The average molecular weight is 352 g/mol. The number of nitrogens with one attached hydrogen (secondary N) is 1. The van der Waals surface area contributed by atoms with E-state index in [-0.39, 0.29) is 11.8 Å². The third kappa shape index (κ3) is 2.94.